The Bertz CT molecular complexity index is 503. The zero-order valence-electron chi connectivity index (χ0n) is 11.7. The quantitative estimate of drug-likeness (QED) is 0.850. The van der Waals surface area contributed by atoms with Gasteiger partial charge in [0.15, 0.2) is 0 Å². The zero-order valence-corrected chi connectivity index (χ0v) is 13.3. The third kappa shape index (κ3) is 3.04. The lowest BCUT2D eigenvalue weighted by Crippen LogP contribution is -2.51. The molecule has 5 heteroatoms. The average Bonchev–Trinajstić information content (AvgIpc) is 2.90. The molecule has 0 radical (unpaired) electrons. The molecule has 1 aromatic carbocycles. The summed E-state index contributed by atoms with van der Waals surface area (Å²) in [5.74, 6) is -0.886. The second-order valence-corrected chi connectivity index (χ2v) is 6.28. The van der Waals surface area contributed by atoms with Crippen molar-refractivity contribution in [3.05, 3.63) is 34.1 Å². The fourth-order valence-electron chi connectivity index (χ4n) is 2.82. The third-order valence-electron chi connectivity index (χ3n) is 3.91. The van der Waals surface area contributed by atoms with Crippen molar-refractivity contribution in [2.24, 2.45) is 0 Å². The molecule has 0 heterocycles. The van der Waals surface area contributed by atoms with E-state index in [1.807, 2.05) is 0 Å². The molecule has 1 saturated carbocycles. The highest BCUT2D eigenvalue weighted by Gasteiger charge is 2.40. The molecule has 1 atom stereocenters. The van der Waals surface area contributed by atoms with Crippen molar-refractivity contribution in [1.29, 1.82) is 0 Å². The summed E-state index contributed by atoms with van der Waals surface area (Å²) in [5, 5.41) is 3.29. The summed E-state index contributed by atoms with van der Waals surface area (Å²) >= 11 is 3.23. The summed E-state index contributed by atoms with van der Waals surface area (Å²) in [5.41, 5.74) is -0.839. The summed E-state index contributed by atoms with van der Waals surface area (Å²) in [6, 6.07) is 4.95. The van der Waals surface area contributed by atoms with Gasteiger partial charge >= 0.3 is 5.97 Å². The topological polar surface area (TPSA) is 38.3 Å². The van der Waals surface area contributed by atoms with E-state index in [9.17, 15) is 9.18 Å². The highest BCUT2D eigenvalue weighted by Crippen LogP contribution is 2.30. The van der Waals surface area contributed by atoms with E-state index in [1.165, 1.54) is 13.2 Å². The first kappa shape index (κ1) is 15.4. The molecule has 0 spiro atoms. The number of hydrogen-bond donors (Lipinski definition) is 1. The first-order chi connectivity index (χ1) is 9.47. The van der Waals surface area contributed by atoms with Crippen LogP contribution in [0.2, 0.25) is 0 Å². The molecule has 3 nitrogen and oxygen atoms in total. The minimum Gasteiger partial charge on any atom is -0.467 e. The first-order valence-electron chi connectivity index (χ1n) is 6.79. The van der Waals surface area contributed by atoms with E-state index in [0.29, 0.717) is 10.0 Å². The SMILES string of the molecule is COC(=O)C(C)(NC1CCCC1)c1ccc(Br)cc1F. The van der Waals surface area contributed by atoms with Gasteiger partial charge in [-0.1, -0.05) is 34.8 Å². The van der Waals surface area contributed by atoms with Crippen molar-refractivity contribution >= 4 is 21.9 Å². The highest BCUT2D eigenvalue weighted by atomic mass is 79.9. The monoisotopic (exact) mass is 343 g/mol. The standard InChI is InChI=1S/C15H19BrFNO2/c1-15(14(19)20-2,18-11-5-3-4-6-11)12-8-7-10(16)9-13(12)17/h7-9,11,18H,3-6H2,1-2H3. The van der Waals surface area contributed by atoms with Gasteiger partial charge in [-0.2, -0.15) is 0 Å². The van der Waals surface area contributed by atoms with Gasteiger partial charge in [0.25, 0.3) is 0 Å². The molecule has 1 aliphatic carbocycles. The molecule has 1 unspecified atom stereocenters. The van der Waals surface area contributed by atoms with Crippen molar-refractivity contribution in [1.82, 2.24) is 5.32 Å². The molecular weight excluding hydrogens is 325 g/mol. The van der Waals surface area contributed by atoms with Gasteiger partial charge in [-0.05, 0) is 31.9 Å². The van der Waals surface area contributed by atoms with Crippen LogP contribution in [0, 0.1) is 5.82 Å². The summed E-state index contributed by atoms with van der Waals surface area (Å²) < 4.78 is 19.8. The molecule has 20 heavy (non-hydrogen) atoms. The fourth-order valence-corrected chi connectivity index (χ4v) is 3.16. The second kappa shape index (κ2) is 6.22. The van der Waals surface area contributed by atoms with Crippen LogP contribution >= 0.6 is 15.9 Å². The molecule has 1 aromatic rings. The number of hydrogen-bond acceptors (Lipinski definition) is 3. The number of esters is 1. The number of rotatable bonds is 4. The minimum absolute atomic E-state index is 0.224. The molecule has 0 aromatic heterocycles. The van der Waals surface area contributed by atoms with Gasteiger partial charge in [-0.25, -0.2) is 9.18 Å². The predicted octanol–water partition coefficient (Wildman–Crippen LogP) is 3.51. The van der Waals surface area contributed by atoms with Gasteiger partial charge in [-0.15, -0.1) is 0 Å². The van der Waals surface area contributed by atoms with Gasteiger partial charge < -0.3 is 4.74 Å². The van der Waals surface area contributed by atoms with Crippen molar-refractivity contribution < 1.29 is 13.9 Å². The normalized spacial score (nSPS) is 18.8. The maximum Gasteiger partial charge on any atom is 0.330 e. The summed E-state index contributed by atoms with van der Waals surface area (Å²) in [7, 11) is 1.33. The number of ether oxygens (including phenoxy) is 1. The van der Waals surface area contributed by atoms with Crippen molar-refractivity contribution in [3.8, 4) is 0 Å². The van der Waals surface area contributed by atoms with Gasteiger partial charge in [0.2, 0.25) is 0 Å². The number of methoxy groups -OCH3 is 1. The molecule has 1 N–H and O–H groups in total. The van der Waals surface area contributed by atoms with Crippen LogP contribution in [0.15, 0.2) is 22.7 Å². The van der Waals surface area contributed by atoms with E-state index >= 15 is 0 Å². The van der Waals surface area contributed by atoms with Crippen LogP contribution in [0.25, 0.3) is 0 Å². The molecule has 0 bridgehead atoms. The Labute approximate surface area is 127 Å². The Balaban J connectivity index is 2.37. The number of halogens is 2. The predicted molar refractivity (Wildman–Crippen MR) is 78.9 cm³/mol. The molecule has 110 valence electrons. The Kier molecular flexibility index (Phi) is 4.81. The van der Waals surface area contributed by atoms with Gasteiger partial charge in [0, 0.05) is 16.1 Å². The van der Waals surface area contributed by atoms with E-state index in [4.69, 9.17) is 4.74 Å². The molecule has 1 aliphatic rings. The molecule has 0 saturated heterocycles. The van der Waals surface area contributed by atoms with Crippen molar-refractivity contribution in [2.75, 3.05) is 7.11 Å². The van der Waals surface area contributed by atoms with Crippen LogP contribution < -0.4 is 5.32 Å². The van der Waals surface area contributed by atoms with Gasteiger partial charge in [0.05, 0.1) is 7.11 Å². The van der Waals surface area contributed by atoms with Gasteiger partial charge in [0.1, 0.15) is 11.4 Å². The Morgan fingerprint density at radius 1 is 1.45 bits per heavy atom. The average molecular weight is 344 g/mol. The van der Waals surface area contributed by atoms with E-state index in [-0.39, 0.29) is 6.04 Å². The van der Waals surface area contributed by atoms with Crippen LogP contribution in [-0.2, 0) is 15.1 Å². The van der Waals surface area contributed by atoms with Crippen molar-refractivity contribution in [2.45, 2.75) is 44.2 Å². The van der Waals surface area contributed by atoms with Gasteiger partial charge in [-0.3, -0.25) is 5.32 Å². The number of carbonyl (C=O) groups excluding carboxylic acids is 1. The molecule has 1 fully saturated rings. The smallest absolute Gasteiger partial charge is 0.330 e. The highest BCUT2D eigenvalue weighted by molar-refractivity contribution is 9.10. The Hall–Kier alpha value is -0.940. The van der Waals surface area contributed by atoms with Crippen LogP contribution in [-0.4, -0.2) is 19.1 Å². The fraction of sp³-hybridized carbons (Fsp3) is 0.533. The lowest BCUT2D eigenvalue weighted by molar-refractivity contribution is -0.149. The molecular formula is C15H19BrFNO2. The Morgan fingerprint density at radius 3 is 2.65 bits per heavy atom. The summed E-state index contributed by atoms with van der Waals surface area (Å²) in [6.07, 6.45) is 4.28. The van der Waals surface area contributed by atoms with E-state index in [2.05, 4.69) is 21.2 Å². The molecule has 0 amide bonds. The molecule has 2 rings (SSSR count). The second-order valence-electron chi connectivity index (χ2n) is 5.37. The first-order valence-corrected chi connectivity index (χ1v) is 7.58. The van der Waals surface area contributed by atoms with Crippen LogP contribution in [0.1, 0.15) is 38.2 Å². The van der Waals surface area contributed by atoms with Crippen LogP contribution in [0.3, 0.4) is 0 Å². The summed E-state index contributed by atoms with van der Waals surface area (Å²) in [4.78, 5) is 12.2. The van der Waals surface area contributed by atoms with Crippen LogP contribution in [0.5, 0.6) is 0 Å². The Morgan fingerprint density at radius 2 is 2.10 bits per heavy atom. The van der Waals surface area contributed by atoms with Crippen molar-refractivity contribution in [3.63, 3.8) is 0 Å². The van der Waals surface area contributed by atoms with E-state index < -0.39 is 17.3 Å². The summed E-state index contributed by atoms with van der Waals surface area (Å²) in [6.45, 7) is 1.68. The maximum atomic E-state index is 14.2. The number of carbonyl (C=O) groups is 1. The lowest BCUT2D eigenvalue weighted by Gasteiger charge is -2.32. The maximum absolute atomic E-state index is 14.2. The third-order valence-corrected chi connectivity index (χ3v) is 4.40. The number of nitrogens with one attached hydrogen (secondary N) is 1. The minimum atomic E-state index is -1.16. The van der Waals surface area contributed by atoms with E-state index in [1.54, 1.807) is 19.1 Å². The zero-order chi connectivity index (χ0) is 14.8. The largest absolute Gasteiger partial charge is 0.467 e. The number of benzene rings is 1. The molecule has 0 aliphatic heterocycles. The van der Waals surface area contributed by atoms with E-state index in [0.717, 1.165) is 25.7 Å². The lowest BCUT2D eigenvalue weighted by atomic mass is 9.90. The van der Waals surface area contributed by atoms with Crippen LogP contribution in [0.4, 0.5) is 4.39 Å².